The second kappa shape index (κ2) is 10.1. The van der Waals surface area contributed by atoms with Crippen molar-refractivity contribution < 1.29 is 17.5 Å². The van der Waals surface area contributed by atoms with Crippen LogP contribution in [-0.4, -0.2) is 67.8 Å². The Kier molecular flexibility index (Phi) is 6.66. The topological polar surface area (TPSA) is 84.4 Å². The van der Waals surface area contributed by atoms with Gasteiger partial charge in [-0.1, -0.05) is 12.1 Å². The van der Waals surface area contributed by atoms with E-state index in [1.165, 1.54) is 23.3 Å². The fourth-order valence-electron chi connectivity index (χ4n) is 4.96. The van der Waals surface area contributed by atoms with Crippen molar-refractivity contribution in [2.45, 2.75) is 13.0 Å². The first-order valence-electron chi connectivity index (χ1n) is 12.4. The van der Waals surface area contributed by atoms with Crippen LogP contribution in [0.5, 0.6) is 5.75 Å². The van der Waals surface area contributed by atoms with Gasteiger partial charge in [0.1, 0.15) is 29.6 Å². The van der Waals surface area contributed by atoms with Gasteiger partial charge in [-0.25, -0.2) is 12.8 Å². The van der Waals surface area contributed by atoms with Crippen molar-refractivity contribution in [3.05, 3.63) is 64.8 Å². The van der Waals surface area contributed by atoms with E-state index in [0.29, 0.717) is 43.2 Å². The van der Waals surface area contributed by atoms with Gasteiger partial charge in [0.25, 0.3) is 0 Å². The Morgan fingerprint density at radius 3 is 2.73 bits per heavy atom. The van der Waals surface area contributed by atoms with Crippen molar-refractivity contribution >= 4 is 31.3 Å². The molecule has 0 atom stereocenters. The van der Waals surface area contributed by atoms with Crippen LogP contribution in [0, 0.1) is 5.82 Å². The maximum absolute atomic E-state index is 14.2. The van der Waals surface area contributed by atoms with Gasteiger partial charge in [-0.3, -0.25) is 4.90 Å². The molecule has 0 unspecified atom stereocenters. The number of fused-ring (bicyclic) bond motifs is 2. The molecule has 2 aromatic carbocycles. The van der Waals surface area contributed by atoms with E-state index in [-0.39, 0.29) is 11.5 Å². The Hall–Kier alpha value is -2.92. The Morgan fingerprint density at radius 2 is 1.86 bits per heavy atom. The van der Waals surface area contributed by atoms with Crippen molar-refractivity contribution in [3.63, 3.8) is 0 Å². The van der Waals surface area contributed by atoms with E-state index in [2.05, 4.69) is 44.7 Å². The lowest BCUT2D eigenvalue weighted by atomic mass is 9.96. The molecular weight excluding hydrogens is 511 g/mol. The fourth-order valence-corrected chi connectivity index (χ4v) is 7.13. The van der Waals surface area contributed by atoms with Gasteiger partial charge in [0.2, 0.25) is 0 Å². The van der Waals surface area contributed by atoms with Crippen LogP contribution in [0.25, 0.3) is 32.6 Å². The summed E-state index contributed by atoms with van der Waals surface area (Å²) in [6, 6.07) is 13.0. The number of benzene rings is 2. The van der Waals surface area contributed by atoms with E-state index in [0.717, 1.165) is 40.9 Å². The molecule has 0 saturated carbocycles. The minimum Gasteiger partial charge on any atom is -0.491 e. The van der Waals surface area contributed by atoms with E-state index in [9.17, 15) is 12.8 Å². The molecule has 192 valence electrons. The number of hydrogen-bond donors (Lipinski definition) is 1. The van der Waals surface area contributed by atoms with Crippen LogP contribution in [0.2, 0.25) is 0 Å². The number of nitrogens with one attached hydrogen (secondary N) is 1. The molecule has 1 saturated heterocycles. The first-order valence-corrected chi connectivity index (χ1v) is 15.1. The summed E-state index contributed by atoms with van der Waals surface area (Å²) >= 11 is 1.58. The molecule has 2 aliphatic rings. The zero-order valence-corrected chi connectivity index (χ0v) is 21.9. The molecule has 2 aliphatic heterocycles. The number of halogens is 1. The third-order valence-electron chi connectivity index (χ3n) is 7.05. The molecule has 0 amide bonds. The summed E-state index contributed by atoms with van der Waals surface area (Å²) < 4.78 is 44.6. The van der Waals surface area contributed by atoms with Crippen molar-refractivity contribution in [1.82, 2.24) is 20.4 Å². The molecule has 37 heavy (non-hydrogen) atoms. The molecule has 4 aromatic rings. The predicted octanol–water partition coefficient (Wildman–Crippen LogP) is 3.92. The molecule has 6 rings (SSSR count). The summed E-state index contributed by atoms with van der Waals surface area (Å²) in [5, 5.41) is 15.7. The van der Waals surface area contributed by atoms with Crippen molar-refractivity contribution in [2.75, 3.05) is 44.3 Å². The SMILES string of the molecule is O=S1(=O)CCN(CCOc2cc(F)ccc2-c2nnc(-c3ccc4c(c3)CCNC4)c3ccsc23)CC1. The lowest BCUT2D eigenvalue weighted by Crippen LogP contribution is -2.42. The Labute approximate surface area is 219 Å². The summed E-state index contributed by atoms with van der Waals surface area (Å²) in [5.41, 5.74) is 5.89. The van der Waals surface area contributed by atoms with Crippen LogP contribution in [0.4, 0.5) is 4.39 Å². The summed E-state index contributed by atoms with van der Waals surface area (Å²) in [5.74, 6) is 0.343. The molecular formula is C27H27FN4O3S2. The highest BCUT2D eigenvalue weighted by Gasteiger charge is 2.22. The van der Waals surface area contributed by atoms with Crippen LogP contribution in [0.1, 0.15) is 11.1 Å². The van der Waals surface area contributed by atoms with Crippen molar-refractivity contribution in [2.24, 2.45) is 0 Å². The zero-order chi connectivity index (χ0) is 25.4. The third-order valence-corrected chi connectivity index (χ3v) is 9.58. The average Bonchev–Trinajstić information content (AvgIpc) is 3.39. The average molecular weight is 539 g/mol. The minimum absolute atomic E-state index is 0.164. The Morgan fingerprint density at radius 1 is 1.03 bits per heavy atom. The molecule has 4 heterocycles. The van der Waals surface area contributed by atoms with Crippen LogP contribution in [0.15, 0.2) is 47.8 Å². The lowest BCUT2D eigenvalue weighted by molar-refractivity contribution is 0.219. The molecule has 10 heteroatoms. The Bertz CT molecular complexity index is 1560. The second-order valence-electron chi connectivity index (χ2n) is 9.45. The Balaban J connectivity index is 1.28. The van der Waals surface area contributed by atoms with Gasteiger partial charge in [0, 0.05) is 48.8 Å². The van der Waals surface area contributed by atoms with E-state index in [1.807, 2.05) is 5.38 Å². The summed E-state index contributed by atoms with van der Waals surface area (Å²) in [4.78, 5) is 2.06. The number of ether oxygens (including phenoxy) is 1. The van der Waals surface area contributed by atoms with Crippen molar-refractivity contribution in [1.29, 1.82) is 0 Å². The third kappa shape index (κ3) is 5.11. The normalized spacial score (nSPS) is 17.5. The van der Waals surface area contributed by atoms with Crippen LogP contribution in [0.3, 0.4) is 0 Å². The second-order valence-corrected chi connectivity index (χ2v) is 12.7. The first kappa shape index (κ1) is 24.4. The van der Waals surface area contributed by atoms with Crippen LogP contribution in [-0.2, 0) is 22.8 Å². The first-order chi connectivity index (χ1) is 18.0. The van der Waals surface area contributed by atoms with Gasteiger partial charge in [-0.15, -0.1) is 21.5 Å². The molecule has 1 N–H and O–H groups in total. The quantitative estimate of drug-likeness (QED) is 0.398. The number of hydrogen-bond acceptors (Lipinski definition) is 8. The predicted molar refractivity (Wildman–Crippen MR) is 144 cm³/mol. The van der Waals surface area contributed by atoms with E-state index in [1.54, 1.807) is 17.4 Å². The molecule has 0 radical (unpaired) electrons. The highest BCUT2D eigenvalue weighted by molar-refractivity contribution is 7.91. The number of nitrogens with zero attached hydrogens (tertiary/aromatic N) is 3. The summed E-state index contributed by atoms with van der Waals surface area (Å²) in [6.45, 7) is 3.72. The maximum Gasteiger partial charge on any atom is 0.152 e. The van der Waals surface area contributed by atoms with Gasteiger partial charge in [0.15, 0.2) is 9.84 Å². The smallest absolute Gasteiger partial charge is 0.152 e. The highest BCUT2D eigenvalue weighted by Crippen LogP contribution is 2.39. The summed E-state index contributed by atoms with van der Waals surface area (Å²) in [7, 11) is -2.93. The monoisotopic (exact) mass is 538 g/mol. The van der Waals surface area contributed by atoms with E-state index < -0.39 is 15.7 Å². The largest absolute Gasteiger partial charge is 0.491 e. The van der Waals surface area contributed by atoms with E-state index in [4.69, 9.17) is 4.74 Å². The number of sulfone groups is 1. The maximum atomic E-state index is 14.2. The molecule has 0 bridgehead atoms. The van der Waals surface area contributed by atoms with Gasteiger partial charge in [0.05, 0.1) is 16.2 Å². The zero-order valence-electron chi connectivity index (χ0n) is 20.2. The molecule has 0 aliphatic carbocycles. The standard InChI is InChI=1S/C27H27FN4O3S2/c28-21-3-4-22(24(16-21)35-11-8-32-9-13-37(33,34)14-10-32)26-27-23(6-12-36-27)25(30-31-26)19-1-2-20-17-29-7-5-18(20)15-19/h1-4,6,12,15-16,29H,5,7-11,13-14,17H2. The van der Waals surface area contributed by atoms with Crippen LogP contribution >= 0.6 is 11.3 Å². The minimum atomic E-state index is -2.93. The van der Waals surface area contributed by atoms with Gasteiger partial charge < -0.3 is 10.1 Å². The van der Waals surface area contributed by atoms with Gasteiger partial charge >= 0.3 is 0 Å². The molecule has 2 aromatic heterocycles. The molecule has 1 fully saturated rings. The fraction of sp³-hybridized carbons (Fsp3) is 0.333. The highest BCUT2D eigenvalue weighted by atomic mass is 32.2. The van der Waals surface area contributed by atoms with Crippen LogP contribution < -0.4 is 10.1 Å². The van der Waals surface area contributed by atoms with Crippen molar-refractivity contribution in [3.8, 4) is 28.3 Å². The molecule has 0 spiro atoms. The number of thiophene rings is 1. The lowest BCUT2D eigenvalue weighted by Gasteiger charge is -2.26. The van der Waals surface area contributed by atoms with E-state index >= 15 is 0 Å². The molecule has 7 nitrogen and oxygen atoms in total. The van der Waals surface area contributed by atoms with Gasteiger partial charge in [-0.2, -0.15) is 0 Å². The number of aromatic nitrogens is 2. The summed E-state index contributed by atoms with van der Waals surface area (Å²) in [6.07, 6.45) is 0.991. The number of rotatable bonds is 6. The van der Waals surface area contributed by atoms with Gasteiger partial charge in [-0.05, 0) is 53.7 Å².